The van der Waals surface area contributed by atoms with Crippen LogP contribution in [0.4, 0.5) is 0 Å². The Morgan fingerprint density at radius 3 is 3.07 bits per heavy atom. The van der Waals surface area contributed by atoms with Crippen molar-refractivity contribution in [1.82, 2.24) is 15.0 Å². The number of hydrogen-bond acceptors (Lipinski definition) is 3. The van der Waals surface area contributed by atoms with Gasteiger partial charge in [0, 0.05) is 6.20 Å². The van der Waals surface area contributed by atoms with Crippen molar-refractivity contribution < 1.29 is 4.79 Å². The molecule has 5 heteroatoms. The van der Waals surface area contributed by atoms with Crippen molar-refractivity contribution in [2.45, 2.75) is 0 Å². The van der Waals surface area contributed by atoms with Gasteiger partial charge in [-0.15, -0.1) is 0 Å². The molecular formula is C9H6ClN3O. The summed E-state index contributed by atoms with van der Waals surface area (Å²) >= 11 is 5.85. The van der Waals surface area contributed by atoms with Gasteiger partial charge in [-0.1, -0.05) is 18.2 Å². The highest BCUT2D eigenvalue weighted by Gasteiger charge is 2.13. The number of aromatic amines is 1. The van der Waals surface area contributed by atoms with Gasteiger partial charge in [0.05, 0.1) is 10.9 Å². The van der Waals surface area contributed by atoms with E-state index in [1.54, 1.807) is 6.20 Å². The number of nitrogens with one attached hydrogen (secondary N) is 1. The average Bonchev–Trinajstić information content (AvgIpc) is 2.62. The SMILES string of the molecule is C=CC(=O)c1c[nH]c2ncnc(Cl)c12. The Morgan fingerprint density at radius 2 is 2.36 bits per heavy atom. The number of carbonyl (C=O) groups is 1. The Bertz CT molecular complexity index is 518. The Morgan fingerprint density at radius 1 is 1.57 bits per heavy atom. The Balaban J connectivity index is 2.79. The van der Waals surface area contributed by atoms with Crippen LogP contribution in [0.2, 0.25) is 5.15 Å². The molecule has 70 valence electrons. The first-order valence-corrected chi connectivity index (χ1v) is 4.26. The maximum atomic E-state index is 11.4. The smallest absolute Gasteiger partial charge is 0.187 e. The minimum absolute atomic E-state index is 0.201. The van der Waals surface area contributed by atoms with E-state index in [2.05, 4.69) is 21.5 Å². The van der Waals surface area contributed by atoms with E-state index in [-0.39, 0.29) is 10.9 Å². The molecule has 0 amide bonds. The van der Waals surface area contributed by atoms with Crippen LogP contribution in [-0.2, 0) is 0 Å². The van der Waals surface area contributed by atoms with Gasteiger partial charge in [0.2, 0.25) is 0 Å². The molecule has 0 saturated carbocycles. The molecule has 0 saturated heterocycles. The molecule has 0 aliphatic carbocycles. The fourth-order valence-electron chi connectivity index (χ4n) is 1.23. The summed E-state index contributed by atoms with van der Waals surface area (Å²) in [6.07, 6.45) is 4.12. The summed E-state index contributed by atoms with van der Waals surface area (Å²) in [7, 11) is 0. The number of halogens is 1. The zero-order valence-corrected chi connectivity index (χ0v) is 7.88. The lowest BCUT2D eigenvalue weighted by Crippen LogP contribution is -1.92. The molecule has 14 heavy (non-hydrogen) atoms. The highest BCUT2D eigenvalue weighted by atomic mass is 35.5. The summed E-state index contributed by atoms with van der Waals surface area (Å²) in [5.41, 5.74) is 0.996. The van der Waals surface area contributed by atoms with Crippen molar-refractivity contribution in [3.05, 3.63) is 35.9 Å². The molecule has 0 unspecified atom stereocenters. The fraction of sp³-hybridized carbons (Fsp3) is 0. The van der Waals surface area contributed by atoms with E-state index in [1.165, 1.54) is 12.4 Å². The second-order valence-corrected chi connectivity index (χ2v) is 3.02. The molecule has 2 aromatic rings. The van der Waals surface area contributed by atoms with Crippen molar-refractivity contribution in [3.8, 4) is 0 Å². The summed E-state index contributed by atoms with van der Waals surface area (Å²) in [5.74, 6) is -0.201. The Labute approximate surface area is 84.6 Å². The fourth-order valence-corrected chi connectivity index (χ4v) is 1.46. The van der Waals surface area contributed by atoms with Crippen LogP contribution in [0.3, 0.4) is 0 Å². The van der Waals surface area contributed by atoms with Crippen LogP contribution in [0, 0.1) is 0 Å². The zero-order valence-electron chi connectivity index (χ0n) is 7.12. The van der Waals surface area contributed by atoms with Crippen molar-refractivity contribution >= 4 is 28.4 Å². The monoisotopic (exact) mass is 207 g/mol. The molecule has 1 N–H and O–H groups in total. The molecule has 0 atom stereocenters. The predicted octanol–water partition coefficient (Wildman–Crippen LogP) is 1.98. The van der Waals surface area contributed by atoms with Crippen molar-refractivity contribution in [2.75, 3.05) is 0 Å². The van der Waals surface area contributed by atoms with E-state index in [9.17, 15) is 4.79 Å². The minimum atomic E-state index is -0.201. The third-order valence-corrected chi connectivity index (χ3v) is 2.16. The molecule has 4 nitrogen and oxygen atoms in total. The summed E-state index contributed by atoms with van der Waals surface area (Å²) < 4.78 is 0. The number of H-pyrrole nitrogens is 1. The predicted molar refractivity (Wildman–Crippen MR) is 53.4 cm³/mol. The first kappa shape index (κ1) is 8.90. The van der Waals surface area contributed by atoms with Crippen molar-refractivity contribution in [3.63, 3.8) is 0 Å². The topological polar surface area (TPSA) is 58.6 Å². The number of allylic oxidation sites excluding steroid dienone is 1. The number of carbonyl (C=O) groups excluding carboxylic acids is 1. The lowest BCUT2D eigenvalue weighted by molar-refractivity contribution is 0.104. The molecule has 0 aliphatic rings. The van der Waals surface area contributed by atoms with E-state index < -0.39 is 0 Å². The highest BCUT2D eigenvalue weighted by Crippen LogP contribution is 2.23. The molecular weight excluding hydrogens is 202 g/mol. The van der Waals surface area contributed by atoms with Crippen LogP contribution in [-0.4, -0.2) is 20.7 Å². The van der Waals surface area contributed by atoms with Gasteiger partial charge < -0.3 is 4.98 Å². The van der Waals surface area contributed by atoms with E-state index in [0.717, 1.165) is 0 Å². The van der Waals surface area contributed by atoms with Crippen LogP contribution >= 0.6 is 11.6 Å². The highest BCUT2D eigenvalue weighted by molar-refractivity contribution is 6.35. The molecule has 0 aromatic carbocycles. The number of fused-ring (bicyclic) bond motifs is 1. The second-order valence-electron chi connectivity index (χ2n) is 2.66. The quantitative estimate of drug-likeness (QED) is 0.465. The largest absolute Gasteiger partial charge is 0.345 e. The van der Waals surface area contributed by atoms with E-state index in [4.69, 9.17) is 11.6 Å². The Kier molecular flexibility index (Phi) is 2.05. The van der Waals surface area contributed by atoms with E-state index in [1.807, 2.05) is 0 Å². The van der Waals surface area contributed by atoms with Gasteiger partial charge in [-0.3, -0.25) is 4.79 Å². The third-order valence-electron chi connectivity index (χ3n) is 1.87. The Hall–Kier alpha value is -1.68. The molecule has 0 spiro atoms. The third kappa shape index (κ3) is 1.20. The number of nitrogens with zero attached hydrogens (tertiary/aromatic N) is 2. The number of aromatic nitrogens is 3. The maximum Gasteiger partial charge on any atom is 0.187 e. The van der Waals surface area contributed by atoms with Crippen molar-refractivity contribution in [1.29, 1.82) is 0 Å². The molecule has 0 bridgehead atoms. The molecule has 2 aromatic heterocycles. The maximum absolute atomic E-state index is 11.4. The van der Waals surface area contributed by atoms with Gasteiger partial charge in [0.25, 0.3) is 0 Å². The second kappa shape index (κ2) is 3.23. The van der Waals surface area contributed by atoms with Gasteiger partial charge in [0.15, 0.2) is 5.78 Å². The normalized spacial score (nSPS) is 10.4. The minimum Gasteiger partial charge on any atom is -0.345 e. The van der Waals surface area contributed by atoms with Crippen LogP contribution in [0.1, 0.15) is 10.4 Å². The van der Waals surface area contributed by atoms with Crippen LogP contribution < -0.4 is 0 Å². The first-order valence-electron chi connectivity index (χ1n) is 3.88. The summed E-state index contributed by atoms with van der Waals surface area (Å²) in [6, 6.07) is 0. The lowest BCUT2D eigenvalue weighted by atomic mass is 10.1. The van der Waals surface area contributed by atoms with Gasteiger partial charge >= 0.3 is 0 Å². The molecule has 2 heterocycles. The number of rotatable bonds is 2. The molecule has 0 aliphatic heterocycles. The standard InChI is InChI=1S/C9H6ClN3O/c1-2-6(14)5-3-11-9-7(5)8(10)12-4-13-9/h2-4H,1H2,(H,11,12,13). The van der Waals surface area contributed by atoms with Gasteiger partial charge in [-0.2, -0.15) is 0 Å². The molecule has 0 radical (unpaired) electrons. The summed E-state index contributed by atoms with van der Waals surface area (Å²) in [5, 5.41) is 0.806. The van der Waals surface area contributed by atoms with E-state index >= 15 is 0 Å². The molecule has 0 fully saturated rings. The van der Waals surface area contributed by atoms with Gasteiger partial charge in [0.1, 0.15) is 17.1 Å². The van der Waals surface area contributed by atoms with Gasteiger partial charge in [-0.25, -0.2) is 9.97 Å². The van der Waals surface area contributed by atoms with Crippen LogP contribution in [0.5, 0.6) is 0 Å². The van der Waals surface area contributed by atoms with Crippen LogP contribution in [0.15, 0.2) is 25.2 Å². The summed E-state index contributed by atoms with van der Waals surface area (Å²) in [6.45, 7) is 3.41. The average molecular weight is 208 g/mol. The van der Waals surface area contributed by atoms with Crippen molar-refractivity contribution in [2.24, 2.45) is 0 Å². The van der Waals surface area contributed by atoms with Crippen LogP contribution in [0.25, 0.3) is 11.0 Å². The zero-order chi connectivity index (χ0) is 10.1. The molecule has 2 rings (SSSR count). The number of ketones is 1. The first-order chi connectivity index (χ1) is 6.74. The van der Waals surface area contributed by atoms with Gasteiger partial charge in [-0.05, 0) is 6.08 Å². The van der Waals surface area contributed by atoms with E-state index in [0.29, 0.717) is 16.6 Å². The summed E-state index contributed by atoms with van der Waals surface area (Å²) in [4.78, 5) is 22.0. The number of hydrogen-bond donors (Lipinski definition) is 1. The lowest BCUT2D eigenvalue weighted by Gasteiger charge is -1.94.